The molecule has 1 aliphatic heterocycles. The minimum Gasteiger partial charge on any atom is -0.396 e. The molecule has 1 aliphatic rings. The summed E-state index contributed by atoms with van der Waals surface area (Å²) < 4.78 is 0. The number of nitrogens with zero attached hydrogens (tertiary/aromatic N) is 2. The van der Waals surface area contributed by atoms with Crippen LogP contribution in [0.15, 0.2) is 84.9 Å². The van der Waals surface area contributed by atoms with E-state index in [2.05, 4.69) is 29.2 Å². The van der Waals surface area contributed by atoms with Crippen molar-refractivity contribution in [3.05, 3.63) is 107 Å². The van der Waals surface area contributed by atoms with Gasteiger partial charge in [0.05, 0.1) is 11.1 Å². The third kappa shape index (κ3) is 4.74. The summed E-state index contributed by atoms with van der Waals surface area (Å²) in [4.78, 5) is 29.4. The van der Waals surface area contributed by atoms with Crippen molar-refractivity contribution in [2.45, 2.75) is 25.6 Å². The SMILES string of the molecule is O=C1c2ccccc2C(=O)N1C[C@H](CCO)N(Cc1ccccc1)Cc1ccccc1. The highest BCUT2D eigenvalue weighted by molar-refractivity contribution is 6.21. The van der Waals surface area contributed by atoms with Gasteiger partial charge in [-0.05, 0) is 29.7 Å². The lowest BCUT2D eigenvalue weighted by Crippen LogP contribution is -2.46. The quantitative estimate of drug-likeness (QED) is 0.542. The van der Waals surface area contributed by atoms with Gasteiger partial charge >= 0.3 is 0 Å². The summed E-state index contributed by atoms with van der Waals surface area (Å²) in [5.41, 5.74) is 3.19. The Morgan fingerprint density at radius 3 is 1.61 bits per heavy atom. The molecule has 5 heteroatoms. The van der Waals surface area contributed by atoms with Crippen LogP contribution in [-0.2, 0) is 13.1 Å². The molecule has 0 aliphatic carbocycles. The predicted molar refractivity (Wildman–Crippen MR) is 119 cm³/mol. The van der Waals surface area contributed by atoms with Gasteiger partial charge < -0.3 is 5.11 Å². The first kappa shape index (κ1) is 21.0. The molecular formula is C26H26N2O3. The van der Waals surface area contributed by atoms with Gasteiger partial charge in [-0.3, -0.25) is 19.4 Å². The second kappa shape index (κ2) is 9.69. The Hall–Kier alpha value is -3.28. The Bertz CT molecular complexity index is 960. The minimum atomic E-state index is -0.261. The van der Waals surface area contributed by atoms with Gasteiger partial charge in [0.2, 0.25) is 0 Å². The maximum atomic E-state index is 12.9. The highest BCUT2D eigenvalue weighted by Crippen LogP contribution is 2.25. The van der Waals surface area contributed by atoms with Gasteiger partial charge in [0.25, 0.3) is 11.8 Å². The number of carbonyl (C=O) groups is 2. The predicted octanol–water partition coefficient (Wildman–Crippen LogP) is 3.74. The van der Waals surface area contributed by atoms with Crippen LogP contribution in [-0.4, -0.2) is 45.9 Å². The van der Waals surface area contributed by atoms with Gasteiger partial charge in [-0.2, -0.15) is 0 Å². The molecule has 0 spiro atoms. The van der Waals surface area contributed by atoms with E-state index in [-0.39, 0.29) is 31.0 Å². The zero-order valence-corrected chi connectivity index (χ0v) is 17.4. The number of imide groups is 1. The molecule has 0 fully saturated rings. The molecule has 0 radical (unpaired) electrons. The van der Waals surface area contributed by atoms with Crippen molar-refractivity contribution in [1.29, 1.82) is 0 Å². The lowest BCUT2D eigenvalue weighted by molar-refractivity contribution is 0.0547. The zero-order chi connectivity index (χ0) is 21.6. The van der Waals surface area contributed by atoms with Gasteiger partial charge in [-0.15, -0.1) is 0 Å². The molecule has 0 saturated carbocycles. The van der Waals surface area contributed by atoms with Crippen LogP contribution in [0.2, 0.25) is 0 Å². The van der Waals surface area contributed by atoms with Gasteiger partial charge in [0.15, 0.2) is 0 Å². The van der Waals surface area contributed by atoms with E-state index >= 15 is 0 Å². The van der Waals surface area contributed by atoms with E-state index in [0.717, 1.165) is 11.1 Å². The molecule has 3 aromatic carbocycles. The fraction of sp³-hybridized carbons (Fsp3) is 0.231. The number of carbonyl (C=O) groups excluding carboxylic acids is 2. The van der Waals surface area contributed by atoms with Crippen molar-refractivity contribution in [3.63, 3.8) is 0 Å². The van der Waals surface area contributed by atoms with Crippen LogP contribution < -0.4 is 0 Å². The average molecular weight is 415 g/mol. The third-order valence-corrected chi connectivity index (χ3v) is 5.71. The Labute approximate surface area is 182 Å². The van der Waals surface area contributed by atoms with Crippen molar-refractivity contribution >= 4 is 11.8 Å². The standard InChI is InChI=1S/C26H26N2O3/c29-16-15-22(19-28-25(30)23-13-7-8-14-24(23)26(28)31)27(17-20-9-3-1-4-10-20)18-21-11-5-2-6-12-21/h1-14,22,29H,15-19H2/t22-/m0/s1. The largest absolute Gasteiger partial charge is 0.396 e. The first-order chi connectivity index (χ1) is 15.2. The number of hydrogen-bond donors (Lipinski definition) is 1. The number of amides is 2. The van der Waals surface area contributed by atoms with Crippen molar-refractivity contribution < 1.29 is 14.7 Å². The summed E-state index contributed by atoms with van der Waals surface area (Å²) in [5, 5.41) is 9.78. The zero-order valence-electron chi connectivity index (χ0n) is 17.4. The highest BCUT2D eigenvalue weighted by Gasteiger charge is 2.37. The minimum absolute atomic E-state index is 0.0199. The molecule has 0 unspecified atom stereocenters. The summed E-state index contributed by atoms with van der Waals surface area (Å²) in [7, 11) is 0. The van der Waals surface area contributed by atoms with Crippen LogP contribution in [0, 0.1) is 0 Å². The normalized spacial score (nSPS) is 14.2. The number of fused-ring (bicyclic) bond motifs is 1. The monoisotopic (exact) mass is 414 g/mol. The number of aliphatic hydroxyl groups excluding tert-OH is 1. The molecule has 2 amide bonds. The number of benzene rings is 3. The van der Waals surface area contributed by atoms with Crippen molar-refractivity contribution in [1.82, 2.24) is 9.80 Å². The molecule has 1 atom stereocenters. The maximum absolute atomic E-state index is 12.9. The molecule has 4 rings (SSSR count). The van der Waals surface area contributed by atoms with Gasteiger partial charge in [-0.25, -0.2) is 0 Å². The van der Waals surface area contributed by atoms with Gasteiger partial charge in [0, 0.05) is 32.3 Å². The highest BCUT2D eigenvalue weighted by atomic mass is 16.3. The average Bonchev–Trinajstić information content (AvgIpc) is 3.05. The van der Waals surface area contributed by atoms with E-state index in [0.29, 0.717) is 30.6 Å². The molecule has 31 heavy (non-hydrogen) atoms. The van der Waals surface area contributed by atoms with Crippen LogP contribution in [0.25, 0.3) is 0 Å². The molecule has 1 N–H and O–H groups in total. The molecule has 0 aromatic heterocycles. The Morgan fingerprint density at radius 1 is 0.710 bits per heavy atom. The van der Waals surface area contributed by atoms with Crippen molar-refractivity contribution in [3.8, 4) is 0 Å². The molecule has 0 saturated heterocycles. The number of aliphatic hydroxyl groups is 1. The van der Waals surface area contributed by atoms with Crippen LogP contribution in [0.5, 0.6) is 0 Å². The summed E-state index contributed by atoms with van der Waals surface area (Å²) in [5.74, 6) is -0.522. The first-order valence-corrected chi connectivity index (χ1v) is 10.6. The van der Waals surface area contributed by atoms with Crippen LogP contribution in [0.1, 0.15) is 38.3 Å². The Kier molecular flexibility index (Phi) is 6.55. The van der Waals surface area contributed by atoms with E-state index in [4.69, 9.17) is 0 Å². The fourth-order valence-electron chi connectivity index (χ4n) is 4.10. The van der Waals surface area contributed by atoms with E-state index in [9.17, 15) is 14.7 Å². The molecule has 3 aromatic rings. The summed E-state index contributed by atoms with van der Waals surface area (Å²) in [6.07, 6.45) is 0.465. The van der Waals surface area contributed by atoms with E-state index in [1.165, 1.54) is 4.90 Å². The van der Waals surface area contributed by atoms with Crippen LogP contribution in [0.4, 0.5) is 0 Å². The third-order valence-electron chi connectivity index (χ3n) is 5.71. The summed E-state index contributed by atoms with van der Waals surface area (Å²) in [6.45, 7) is 1.54. The Balaban J connectivity index is 1.60. The molecular weight excluding hydrogens is 388 g/mol. The fourth-order valence-corrected chi connectivity index (χ4v) is 4.10. The number of rotatable bonds is 9. The lowest BCUT2D eigenvalue weighted by Gasteiger charge is -2.34. The molecule has 158 valence electrons. The second-order valence-electron chi connectivity index (χ2n) is 7.81. The van der Waals surface area contributed by atoms with Gasteiger partial charge in [0.1, 0.15) is 0 Å². The van der Waals surface area contributed by atoms with Crippen LogP contribution in [0.3, 0.4) is 0 Å². The molecule has 0 bridgehead atoms. The van der Waals surface area contributed by atoms with Crippen LogP contribution >= 0.6 is 0 Å². The topological polar surface area (TPSA) is 60.9 Å². The number of hydrogen-bond acceptors (Lipinski definition) is 4. The maximum Gasteiger partial charge on any atom is 0.261 e. The summed E-state index contributed by atoms with van der Waals surface area (Å²) in [6, 6.07) is 27.0. The second-order valence-corrected chi connectivity index (χ2v) is 7.81. The summed E-state index contributed by atoms with van der Waals surface area (Å²) >= 11 is 0. The van der Waals surface area contributed by atoms with E-state index < -0.39 is 0 Å². The van der Waals surface area contributed by atoms with E-state index in [1.54, 1.807) is 24.3 Å². The Morgan fingerprint density at radius 2 is 1.16 bits per heavy atom. The molecule has 1 heterocycles. The van der Waals surface area contributed by atoms with Crippen molar-refractivity contribution in [2.24, 2.45) is 0 Å². The van der Waals surface area contributed by atoms with Gasteiger partial charge in [-0.1, -0.05) is 72.8 Å². The smallest absolute Gasteiger partial charge is 0.261 e. The first-order valence-electron chi connectivity index (χ1n) is 10.6. The van der Waals surface area contributed by atoms with E-state index in [1.807, 2.05) is 36.4 Å². The lowest BCUT2D eigenvalue weighted by atomic mass is 10.1. The van der Waals surface area contributed by atoms with Crippen molar-refractivity contribution in [2.75, 3.05) is 13.2 Å². The molecule has 5 nitrogen and oxygen atoms in total.